The summed E-state index contributed by atoms with van der Waals surface area (Å²) in [7, 11) is 1.75. The van der Waals surface area contributed by atoms with Gasteiger partial charge in [0.05, 0.1) is 12.1 Å². The zero-order valence-electron chi connectivity index (χ0n) is 14.4. The molecule has 0 amide bonds. The second kappa shape index (κ2) is 7.18. The molecule has 1 aromatic carbocycles. The fraction of sp³-hybridized carbons (Fsp3) is 0.158. The van der Waals surface area contributed by atoms with Gasteiger partial charge < -0.3 is 10.6 Å². The molecule has 3 aromatic heterocycles. The van der Waals surface area contributed by atoms with Gasteiger partial charge in [0.25, 0.3) is 0 Å². The molecule has 7 heteroatoms. The third-order valence-corrected chi connectivity index (χ3v) is 4.18. The number of pyridine rings is 2. The lowest BCUT2D eigenvalue weighted by atomic mass is 10.1. The number of guanidine groups is 1. The topological polar surface area (TPSA) is 79.5 Å². The minimum absolute atomic E-state index is 0.526. The van der Waals surface area contributed by atoms with Crippen molar-refractivity contribution in [3.8, 4) is 0 Å². The summed E-state index contributed by atoms with van der Waals surface area (Å²) < 4.78 is 1.95. The van der Waals surface area contributed by atoms with Crippen molar-refractivity contribution >= 4 is 22.5 Å². The Morgan fingerprint density at radius 1 is 1.00 bits per heavy atom. The van der Waals surface area contributed by atoms with Crippen molar-refractivity contribution in [1.29, 1.82) is 0 Å². The van der Waals surface area contributed by atoms with Crippen LogP contribution in [0.4, 0.5) is 0 Å². The summed E-state index contributed by atoms with van der Waals surface area (Å²) >= 11 is 0. The van der Waals surface area contributed by atoms with Gasteiger partial charge in [0, 0.05) is 31.4 Å². The van der Waals surface area contributed by atoms with Crippen molar-refractivity contribution in [1.82, 2.24) is 30.2 Å². The Morgan fingerprint density at radius 3 is 2.81 bits per heavy atom. The van der Waals surface area contributed by atoms with Crippen LogP contribution in [0.25, 0.3) is 16.6 Å². The molecule has 0 spiro atoms. The molecule has 0 saturated carbocycles. The molecule has 26 heavy (non-hydrogen) atoms. The summed E-state index contributed by atoms with van der Waals surface area (Å²) in [6.45, 7) is 1.16. The Morgan fingerprint density at radius 2 is 1.88 bits per heavy atom. The van der Waals surface area contributed by atoms with Gasteiger partial charge in [-0.25, -0.2) is 0 Å². The number of rotatable bonds is 4. The maximum absolute atomic E-state index is 4.48. The first kappa shape index (κ1) is 16.0. The highest BCUT2D eigenvalue weighted by Gasteiger charge is 2.07. The van der Waals surface area contributed by atoms with Crippen LogP contribution < -0.4 is 10.6 Å². The van der Waals surface area contributed by atoms with Gasteiger partial charge in [-0.15, -0.1) is 10.2 Å². The van der Waals surface area contributed by atoms with E-state index in [4.69, 9.17) is 0 Å². The molecule has 4 rings (SSSR count). The number of para-hydroxylation sites is 1. The van der Waals surface area contributed by atoms with E-state index in [2.05, 4.69) is 49.0 Å². The van der Waals surface area contributed by atoms with Crippen LogP contribution in [0.5, 0.6) is 0 Å². The number of hydrogen-bond acceptors (Lipinski definition) is 4. The molecule has 0 fully saturated rings. The molecule has 0 atom stereocenters. The van der Waals surface area contributed by atoms with Gasteiger partial charge in [-0.05, 0) is 23.8 Å². The second-order valence-corrected chi connectivity index (χ2v) is 5.82. The molecular weight excluding hydrogens is 326 g/mol. The van der Waals surface area contributed by atoms with Gasteiger partial charge in [0.1, 0.15) is 0 Å². The average Bonchev–Trinajstić information content (AvgIpc) is 3.11. The van der Waals surface area contributed by atoms with Crippen LogP contribution in [0.15, 0.2) is 65.9 Å². The Hall–Kier alpha value is -3.48. The lowest BCUT2D eigenvalue weighted by Gasteiger charge is -2.12. The molecule has 7 nitrogen and oxygen atoms in total. The highest BCUT2D eigenvalue weighted by molar-refractivity contribution is 5.83. The summed E-state index contributed by atoms with van der Waals surface area (Å²) in [5.74, 6) is 1.53. The zero-order chi connectivity index (χ0) is 17.8. The molecular formula is C19H19N7. The molecule has 2 N–H and O–H groups in total. The van der Waals surface area contributed by atoms with Crippen LogP contribution in [0.1, 0.15) is 11.4 Å². The molecule has 130 valence electrons. The summed E-state index contributed by atoms with van der Waals surface area (Å²) in [6, 6.07) is 16.0. The number of nitrogens with zero attached hydrogens (tertiary/aromatic N) is 5. The van der Waals surface area contributed by atoms with Gasteiger partial charge in [0.2, 0.25) is 0 Å². The number of nitrogens with one attached hydrogen (secondary N) is 2. The first-order valence-electron chi connectivity index (χ1n) is 8.41. The monoisotopic (exact) mass is 345 g/mol. The first-order valence-corrected chi connectivity index (χ1v) is 8.41. The molecule has 0 aliphatic rings. The summed E-state index contributed by atoms with van der Waals surface area (Å²) in [6.07, 6.45) is 3.76. The van der Waals surface area contributed by atoms with Gasteiger partial charge in [0.15, 0.2) is 17.4 Å². The van der Waals surface area contributed by atoms with Crippen LogP contribution in [0.2, 0.25) is 0 Å². The van der Waals surface area contributed by atoms with Crippen molar-refractivity contribution < 1.29 is 0 Å². The quantitative estimate of drug-likeness (QED) is 0.438. The average molecular weight is 345 g/mol. The number of fused-ring (bicyclic) bond motifs is 2. The van der Waals surface area contributed by atoms with E-state index >= 15 is 0 Å². The first-order chi connectivity index (χ1) is 12.8. The highest BCUT2D eigenvalue weighted by Crippen LogP contribution is 2.15. The highest BCUT2D eigenvalue weighted by atomic mass is 15.3. The molecule has 0 aliphatic carbocycles. The van der Waals surface area contributed by atoms with E-state index in [1.807, 2.05) is 47.1 Å². The Kier molecular flexibility index (Phi) is 4.42. The maximum Gasteiger partial charge on any atom is 0.191 e. The summed E-state index contributed by atoms with van der Waals surface area (Å²) in [5, 5.41) is 16.1. The number of hydrogen-bond donors (Lipinski definition) is 2. The maximum atomic E-state index is 4.48. The lowest BCUT2D eigenvalue weighted by molar-refractivity contribution is 0.763. The van der Waals surface area contributed by atoms with E-state index in [1.54, 1.807) is 7.05 Å². The SMILES string of the molecule is CN=C(NCc1cccc2cccnc12)NCc1nnc2ccccn12. The van der Waals surface area contributed by atoms with Gasteiger partial charge in [-0.3, -0.25) is 14.4 Å². The fourth-order valence-electron chi connectivity index (χ4n) is 2.88. The van der Waals surface area contributed by atoms with Crippen molar-refractivity contribution in [3.63, 3.8) is 0 Å². The molecule has 0 aliphatic heterocycles. The lowest BCUT2D eigenvalue weighted by Crippen LogP contribution is -2.36. The van der Waals surface area contributed by atoms with E-state index < -0.39 is 0 Å². The van der Waals surface area contributed by atoms with E-state index in [-0.39, 0.29) is 0 Å². The van der Waals surface area contributed by atoms with E-state index in [9.17, 15) is 0 Å². The molecule has 0 saturated heterocycles. The summed E-state index contributed by atoms with van der Waals surface area (Å²) in [5.41, 5.74) is 2.95. The standard InChI is InChI=1S/C19H19N7/c1-20-19(23-13-17-25-24-16-9-2-3-11-26(16)17)22-12-15-7-4-6-14-8-5-10-21-18(14)15/h2-11H,12-13H2,1H3,(H2,20,22,23). The van der Waals surface area contributed by atoms with Crippen molar-refractivity contribution in [3.05, 3.63) is 72.3 Å². The van der Waals surface area contributed by atoms with Gasteiger partial charge >= 0.3 is 0 Å². The third-order valence-electron chi connectivity index (χ3n) is 4.18. The zero-order valence-corrected chi connectivity index (χ0v) is 14.4. The predicted octanol–water partition coefficient (Wildman–Crippen LogP) is 2.14. The van der Waals surface area contributed by atoms with E-state index in [1.165, 1.54) is 0 Å². The minimum Gasteiger partial charge on any atom is -0.352 e. The van der Waals surface area contributed by atoms with Crippen molar-refractivity contribution in [2.75, 3.05) is 7.05 Å². The second-order valence-electron chi connectivity index (χ2n) is 5.82. The Balaban J connectivity index is 1.43. The van der Waals surface area contributed by atoms with E-state index in [0.29, 0.717) is 19.0 Å². The van der Waals surface area contributed by atoms with Crippen LogP contribution in [0.3, 0.4) is 0 Å². The summed E-state index contributed by atoms with van der Waals surface area (Å²) in [4.78, 5) is 8.76. The molecule has 0 bridgehead atoms. The third kappa shape index (κ3) is 3.19. The smallest absolute Gasteiger partial charge is 0.191 e. The Labute approximate surface area is 150 Å². The largest absolute Gasteiger partial charge is 0.352 e. The molecule has 0 radical (unpaired) electrons. The Bertz CT molecular complexity index is 1060. The fourth-order valence-corrected chi connectivity index (χ4v) is 2.88. The van der Waals surface area contributed by atoms with Crippen LogP contribution in [-0.4, -0.2) is 32.6 Å². The van der Waals surface area contributed by atoms with E-state index in [0.717, 1.165) is 27.9 Å². The molecule has 4 aromatic rings. The number of aliphatic imine (C=N–C) groups is 1. The van der Waals surface area contributed by atoms with Crippen LogP contribution in [-0.2, 0) is 13.1 Å². The van der Waals surface area contributed by atoms with Crippen LogP contribution >= 0.6 is 0 Å². The van der Waals surface area contributed by atoms with Gasteiger partial charge in [-0.1, -0.05) is 30.3 Å². The molecule has 3 heterocycles. The molecule has 0 unspecified atom stereocenters. The van der Waals surface area contributed by atoms with Crippen molar-refractivity contribution in [2.45, 2.75) is 13.1 Å². The normalized spacial score (nSPS) is 11.8. The van der Waals surface area contributed by atoms with Crippen LogP contribution in [0, 0.1) is 0 Å². The van der Waals surface area contributed by atoms with Crippen molar-refractivity contribution in [2.24, 2.45) is 4.99 Å². The predicted molar refractivity (Wildman–Crippen MR) is 102 cm³/mol. The number of aromatic nitrogens is 4. The number of benzene rings is 1. The minimum atomic E-state index is 0.526. The van der Waals surface area contributed by atoms with Gasteiger partial charge in [-0.2, -0.15) is 0 Å².